The normalized spacial score (nSPS) is 10.8. The summed E-state index contributed by atoms with van der Waals surface area (Å²) in [6.07, 6.45) is 4.01. The lowest BCUT2D eigenvalue weighted by molar-refractivity contribution is 0.0954. The number of fused-ring (bicyclic) bond motifs is 1. The van der Waals surface area contributed by atoms with Crippen molar-refractivity contribution in [3.63, 3.8) is 0 Å². The van der Waals surface area contributed by atoms with Crippen LogP contribution in [0.2, 0.25) is 0 Å². The zero-order valence-corrected chi connectivity index (χ0v) is 12.7. The molecule has 0 saturated heterocycles. The van der Waals surface area contributed by atoms with Gasteiger partial charge in [0.15, 0.2) is 0 Å². The fraction of sp³-hybridized carbons (Fsp3) is 0.235. The number of amides is 1. The molecule has 1 N–H and O–H groups in total. The van der Waals surface area contributed by atoms with Crippen LogP contribution in [0, 0.1) is 6.92 Å². The van der Waals surface area contributed by atoms with Gasteiger partial charge in [-0.05, 0) is 43.2 Å². The Balaban J connectivity index is 1.63. The molecular weight excluding hydrogens is 276 g/mol. The summed E-state index contributed by atoms with van der Waals surface area (Å²) in [5, 5.41) is 2.92. The summed E-state index contributed by atoms with van der Waals surface area (Å²) < 4.78 is 2.07. The van der Waals surface area contributed by atoms with E-state index in [0.717, 1.165) is 23.3 Å². The maximum atomic E-state index is 11.9. The Labute approximate surface area is 129 Å². The molecule has 5 nitrogen and oxygen atoms in total. The van der Waals surface area contributed by atoms with Crippen LogP contribution in [-0.4, -0.2) is 27.0 Å². The molecule has 0 aliphatic carbocycles. The van der Waals surface area contributed by atoms with E-state index in [1.165, 1.54) is 5.56 Å². The van der Waals surface area contributed by atoms with E-state index < -0.39 is 0 Å². The number of pyridine rings is 1. The largest absolute Gasteiger partial charge is 0.352 e. The number of hydrogen-bond donors (Lipinski definition) is 1. The molecule has 0 aliphatic heterocycles. The predicted molar refractivity (Wildman–Crippen MR) is 85.7 cm³/mol. The smallest absolute Gasteiger partial charge is 0.251 e. The molecule has 0 spiro atoms. The van der Waals surface area contributed by atoms with E-state index in [1.54, 1.807) is 24.5 Å². The first-order valence-electron chi connectivity index (χ1n) is 7.25. The summed E-state index contributed by atoms with van der Waals surface area (Å²) in [7, 11) is 2.01. The van der Waals surface area contributed by atoms with Crippen molar-refractivity contribution in [1.29, 1.82) is 0 Å². The lowest BCUT2D eigenvalue weighted by Gasteiger charge is -2.05. The van der Waals surface area contributed by atoms with Crippen LogP contribution in [0.3, 0.4) is 0 Å². The minimum Gasteiger partial charge on any atom is -0.352 e. The summed E-state index contributed by atoms with van der Waals surface area (Å²) >= 11 is 0. The number of hydrogen-bond acceptors (Lipinski definition) is 3. The first-order valence-corrected chi connectivity index (χ1v) is 7.25. The molecule has 0 fully saturated rings. The summed E-state index contributed by atoms with van der Waals surface area (Å²) in [6.45, 7) is 2.59. The molecular formula is C17H18N4O. The van der Waals surface area contributed by atoms with Gasteiger partial charge in [0.2, 0.25) is 0 Å². The van der Waals surface area contributed by atoms with Gasteiger partial charge in [0.25, 0.3) is 5.91 Å². The lowest BCUT2D eigenvalue weighted by Crippen LogP contribution is -2.25. The van der Waals surface area contributed by atoms with Crippen LogP contribution >= 0.6 is 0 Å². The number of imidazole rings is 1. The summed E-state index contributed by atoms with van der Waals surface area (Å²) in [5.41, 5.74) is 3.92. The third-order valence-electron chi connectivity index (χ3n) is 3.81. The van der Waals surface area contributed by atoms with Crippen molar-refractivity contribution in [3.05, 3.63) is 59.7 Å². The molecule has 1 aromatic carbocycles. The number of nitrogens with one attached hydrogen (secondary N) is 1. The van der Waals surface area contributed by atoms with Gasteiger partial charge >= 0.3 is 0 Å². The van der Waals surface area contributed by atoms with E-state index in [9.17, 15) is 4.79 Å². The van der Waals surface area contributed by atoms with Crippen molar-refractivity contribution in [2.75, 3.05) is 6.54 Å². The van der Waals surface area contributed by atoms with Crippen LogP contribution in [0.4, 0.5) is 0 Å². The summed E-state index contributed by atoms with van der Waals surface area (Å²) in [4.78, 5) is 20.4. The van der Waals surface area contributed by atoms with Crippen molar-refractivity contribution >= 4 is 16.9 Å². The molecule has 0 unspecified atom stereocenters. The zero-order valence-electron chi connectivity index (χ0n) is 12.7. The second-order valence-electron chi connectivity index (χ2n) is 5.28. The fourth-order valence-corrected chi connectivity index (χ4v) is 2.45. The maximum absolute atomic E-state index is 11.9. The molecule has 22 heavy (non-hydrogen) atoms. The number of rotatable bonds is 4. The highest BCUT2D eigenvalue weighted by atomic mass is 16.1. The van der Waals surface area contributed by atoms with Gasteiger partial charge < -0.3 is 9.88 Å². The van der Waals surface area contributed by atoms with Gasteiger partial charge in [-0.25, -0.2) is 4.98 Å². The Morgan fingerprint density at radius 1 is 1.23 bits per heavy atom. The molecule has 112 valence electrons. The number of benzene rings is 1. The van der Waals surface area contributed by atoms with Crippen molar-refractivity contribution in [1.82, 2.24) is 19.9 Å². The van der Waals surface area contributed by atoms with Gasteiger partial charge in [0, 0.05) is 31.5 Å². The molecule has 0 radical (unpaired) electrons. The van der Waals surface area contributed by atoms with E-state index in [4.69, 9.17) is 0 Å². The first kappa shape index (κ1) is 14.3. The predicted octanol–water partition coefficient (Wildman–Crippen LogP) is 2.25. The fourth-order valence-electron chi connectivity index (χ4n) is 2.45. The number of aromatic nitrogens is 3. The first-order chi connectivity index (χ1) is 10.6. The van der Waals surface area contributed by atoms with Crippen molar-refractivity contribution < 1.29 is 4.79 Å². The Morgan fingerprint density at radius 3 is 2.77 bits per heavy atom. The average molecular weight is 294 g/mol. The molecule has 0 atom stereocenters. The van der Waals surface area contributed by atoms with Crippen LogP contribution in [-0.2, 0) is 13.5 Å². The summed E-state index contributed by atoms with van der Waals surface area (Å²) in [5.74, 6) is 0.926. The molecule has 1 amide bonds. The highest BCUT2D eigenvalue weighted by Gasteiger charge is 2.06. The lowest BCUT2D eigenvalue weighted by atomic mass is 10.1. The van der Waals surface area contributed by atoms with Gasteiger partial charge in [-0.15, -0.1) is 0 Å². The maximum Gasteiger partial charge on any atom is 0.251 e. The Bertz CT molecular complexity index is 808. The number of carbonyl (C=O) groups is 1. The van der Waals surface area contributed by atoms with Gasteiger partial charge in [-0.1, -0.05) is 6.07 Å². The second kappa shape index (κ2) is 5.97. The third-order valence-corrected chi connectivity index (χ3v) is 3.81. The number of carbonyl (C=O) groups excluding carboxylic acids is 1. The molecule has 0 saturated carbocycles. The Morgan fingerprint density at radius 2 is 2.00 bits per heavy atom. The van der Waals surface area contributed by atoms with Crippen LogP contribution in [0.5, 0.6) is 0 Å². The van der Waals surface area contributed by atoms with E-state index in [2.05, 4.69) is 38.1 Å². The minimum atomic E-state index is -0.0721. The van der Waals surface area contributed by atoms with E-state index in [0.29, 0.717) is 12.1 Å². The molecule has 0 aliphatic rings. The number of nitrogens with zero attached hydrogens (tertiary/aromatic N) is 3. The average Bonchev–Trinajstić information content (AvgIpc) is 2.82. The van der Waals surface area contributed by atoms with Crippen molar-refractivity contribution in [3.8, 4) is 0 Å². The minimum absolute atomic E-state index is 0.0721. The van der Waals surface area contributed by atoms with E-state index in [-0.39, 0.29) is 5.91 Å². The number of aryl methyl sites for hydroxylation is 2. The third kappa shape index (κ3) is 2.83. The van der Waals surface area contributed by atoms with Gasteiger partial charge in [0.1, 0.15) is 5.82 Å². The highest BCUT2D eigenvalue weighted by molar-refractivity contribution is 5.93. The van der Waals surface area contributed by atoms with Crippen LogP contribution in [0.25, 0.3) is 11.0 Å². The van der Waals surface area contributed by atoms with E-state index in [1.807, 2.05) is 14.0 Å². The SMILES string of the molecule is Cc1nc2cc(CCNC(=O)c3ccncc3)ccc2n1C. The molecule has 3 aromatic rings. The quantitative estimate of drug-likeness (QED) is 0.803. The van der Waals surface area contributed by atoms with Crippen molar-refractivity contribution in [2.24, 2.45) is 7.05 Å². The Hall–Kier alpha value is -2.69. The Kier molecular flexibility index (Phi) is 3.87. The van der Waals surface area contributed by atoms with Crippen LogP contribution in [0.15, 0.2) is 42.7 Å². The topological polar surface area (TPSA) is 59.8 Å². The van der Waals surface area contributed by atoms with Gasteiger partial charge in [-0.2, -0.15) is 0 Å². The van der Waals surface area contributed by atoms with Crippen LogP contribution in [0.1, 0.15) is 21.7 Å². The zero-order chi connectivity index (χ0) is 15.5. The molecule has 3 rings (SSSR count). The highest BCUT2D eigenvalue weighted by Crippen LogP contribution is 2.16. The van der Waals surface area contributed by atoms with Gasteiger partial charge in [-0.3, -0.25) is 9.78 Å². The van der Waals surface area contributed by atoms with Gasteiger partial charge in [0.05, 0.1) is 11.0 Å². The second-order valence-corrected chi connectivity index (χ2v) is 5.28. The molecule has 5 heteroatoms. The summed E-state index contributed by atoms with van der Waals surface area (Å²) in [6, 6.07) is 9.66. The van der Waals surface area contributed by atoms with E-state index >= 15 is 0 Å². The molecule has 2 aromatic heterocycles. The van der Waals surface area contributed by atoms with Crippen LogP contribution < -0.4 is 5.32 Å². The standard InChI is InChI=1S/C17H18N4O/c1-12-20-15-11-13(3-4-16(15)21(12)2)5-10-19-17(22)14-6-8-18-9-7-14/h3-4,6-9,11H,5,10H2,1-2H3,(H,19,22). The monoisotopic (exact) mass is 294 g/mol. The molecule has 2 heterocycles. The molecule has 0 bridgehead atoms. The van der Waals surface area contributed by atoms with Crippen molar-refractivity contribution in [2.45, 2.75) is 13.3 Å².